The molecule has 26 heavy (non-hydrogen) atoms. The maximum absolute atomic E-state index is 12.0. The predicted octanol–water partition coefficient (Wildman–Crippen LogP) is 6.44. The quantitative estimate of drug-likeness (QED) is 0.493. The summed E-state index contributed by atoms with van der Waals surface area (Å²) in [5.74, 6) is -0.427. The van der Waals surface area contributed by atoms with Gasteiger partial charge < -0.3 is 10.6 Å². The fourth-order valence-electron chi connectivity index (χ4n) is 2.21. The average molecular weight is 434 g/mol. The molecule has 2 aromatic rings. The first-order chi connectivity index (χ1) is 12.4. The Balaban J connectivity index is 1.74. The second-order valence-electron chi connectivity index (χ2n) is 5.50. The van der Waals surface area contributed by atoms with Gasteiger partial charge in [-0.3, -0.25) is 9.59 Å². The Hall–Kier alpha value is -1.46. The van der Waals surface area contributed by atoms with Crippen molar-refractivity contribution in [2.75, 3.05) is 10.6 Å². The molecule has 0 heterocycles. The third-order valence-electron chi connectivity index (χ3n) is 3.51. The summed E-state index contributed by atoms with van der Waals surface area (Å²) >= 11 is 24.0. The number of hydrogen-bond acceptors (Lipinski definition) is 2. The molecule has 4 nitrogen and oxygen atoms in total. The minimum Gasteiger partial charge on any atom is -0.324 e. The molecule has 0 saturated heterocycles. The molecule has 0 aliphatic carbocycles. The van der Waals surface area contributed by atoms with Gasteiger partial charge in [-0.25, -0.2) is 0 Å². The molecule has 0 bridgehead atoms. The lowest BCUT2D eigenvalue weighted by Crippen LogP contribution is -2.14. The predicted molar refractivity (Wildman–Crippen MR) is 109 cm³/mol. The number of halogens is 4. The fraction of sp³-hybridized carbons (Fsp3) is 0.222. The van der Waals surface area contributed by atoms with Crippen LogP contribution in [0.4, 0.5) is 11.4 Å². The van der Waals surface area contributed by atoms with Crippen molar-refractivity contribution in [3.05, 3.63) is 56.5 Å². The smallest absolute Gasteiger partial charge is 0.224 e. The fourth-order valence-corrected chi connectivity index (χ4v) is 3.19. The van der Waals surface area contributed by atoms with Crippen LogP contribution in [0.5, 0.6) is 0 Å². The molecule has 138 valence electrons. The maximum Gasteiger partial charge on any atom is 0.224 e. The summed E-state index contributed by atoms with van der Waals surface area (Å²) in [6.07, 6.45) is 1.58. The Bertz CT molecular complexity index is 704. The summed E-state index contributed by atoms with van der Waals surface area (Å²) < 4.78 is 0. The van der Waals surface area contributed by atoms with Gasteiger partial charge in [0.1, 0.15) is 0 Å². The molecule has 0 aromatic heterocycles. The number of hydrogen-bond donors (Lipinski definition) is 2. The molecular formula is C18H16Cl4N2O2. The van der Waals surface area contributed by atoms with Gasteiger partial charge in [-0.05, 0) is 37.1 Å². The van der Waals surface area contributed by atoms with Gasteiger partial charge in [-0.1, -0.05) is 58.5 Å². The minimum atomic E-state index is -0.213. The largest absolute Gasteiger partial charge is 0.324 e. The van der Waals surface area contributed by atoms with Crippen molar-refractivity contribution in [2.45, 2.75) is 25.7 Å². The van der Waals surface area contributed by atoms with Gasteiger partial charge in [0.05, 0.1) is 31.5 Å². The van der Waals surface area contributed by atoms with Crippen LogP contribution in [-0.4, -0.2) is 11.8 Å². The number of benzene rings is 2. The molecule has 0 aliphatic heterocycles. The molecule has 0 fully saturated rings. The Kier molecular flexibility index (Phi) is 8.04. The molecular weight excluding hydrogens is 418 g/mol. The summed E-state index contributed by atoms with van der Waals surface area (Å²) in [6.45, 7) is 0. The zero-order chi connectivity index (χ0) is 19.1. The standard InChI is InChI=1S/C18H16Cl4N2O2/c19-11-5-3-6-12(20)17(11)23-15(25)9-1-2-10-16(26)24-18-13(21)7-4-8-14(18)22/h3-8H,1-2,9-10H2,(H,23,25)(H,24,26). The van der Waals surface area contributed by atoms with Crippen molar-refractivity contribution in [3.63, 3.8) is 0 Å². The highest BCUT2D eigenvalue weighted by molar-refractivity contribution is 6.40. The van der Waals surface area contributed by atoms with E-state index in [1.807, 2.05) is 0 Å². The van der Waals surface area contributed by atoms with Crippen LogP contribution in [0, 0.1) is 0 Å². The normalized spacial score (nSPS) is 10.5. The van der Waals surface area contributed by atoms with Crippen molar-refractivity contribution in [1.82, 2.24) is 0 Å². The van der Waals surface area contributed by atoms with E-state index >= 15 is 0 Å². The average Bonchev–Trinajstić information content (AvgIpc) is 2.58. The summed E-state index contributed by atoms with van der Waals surface area (Å²) in [6, 6.07) is 9.98. The molecule has 8 heteroatoms. The number of amides is 2. The van der Waals surface area contributed by atoms with Crippen LogP contribution in [0.2, 0.25) is 20.1 Å². The van der Waals surface area contributed by atoms with Crippen LogP contribution in [0.25, 0.3) is 0 Å². The number of nitrogens with one attached hydrogen (secondary N) is 2. The van der Waals surface area contributed by atoms with E-state index in [1.165, 1.54) is 0 Å². The van der Waals surface area contributed by atoms with Crippen LogP contribution < -0.4 is 10.6 Å². The minimum absolute atomic E-state index is 0.213. The number of anilines is 2. The van der Waals surface area contributed by atoms with E-state index in [9.17, 15) is 9.59 Å². The molecule has 0 unspecified atom stereocenters. The van der Waals surface area contributed by atoms with Gasteiger partial charge >= 0.3 is 0 Å². The highest BCUT2D eigenvalue weighted by Crippen LogP contribution is 2.31. The second kappa shape index (κ2) is 10.0. The summed E-state index contributed by atoms with van der Waals surface area (Å²) in [5.41, 5.74) is 0.791. The van der Waals surface area contributed by atoms with E-state index in [-0.39, 0.29) is 24.7 Å². The SMILES string of the molecule is O=C(CCCCC(=O)Nc1c(Cl)cccc1Cl)Nc1c(Cl)cccc1Cl. The summed E-state index contributed by atoms with van der Waals surface area (Å²) in [4.78, 5) is 24.0. The van der Waals surface area contributed by atoms with Gasteiger partial charge in [0, 0.05) is 12.8 Å². The molecule has 2 rings (SSSR count). The van der Waals surface area contributed by atoms with Crippen LogP contribution in [0.1, 0.15) is 25.7 Å². The van der Waals surface area contributed by atoms with Gasteiger partial charge in [0.15, 0.2) is 0 Å². The third-order valence-corrected chi connectivity index (χ3v) is 4.77. The molecule has 0 aliphatic rings. The first kappa shape index (κ1) is 20.8. The monoisotopic (exact) mass is 432 g/mol. The lowest BCUT2D eigenvalue weighted by atomic mass is 10.1. The number of rotatable bonds is 7. The van der Waals surface area contributed by atoms with E-state index in [0.717, 1.165) is 0 Å². The molecule has 0 spiro atoms. The lowest BCUT2D eigenvalue weighted by Gasteiger charge is -2.10. The second-order valence-corrected chi connectivity index (χ2v) is 7.13. The highest BCUT2D eigenvalue weighted by atomic mass is 35.5. The molecule has 2 N–H and O–H groups in total. The molecule has 0 radical (unpaired) electrons. The van der Waals surface area contributed by atoms with Gasteiger partial charge in [-0.2, -0.15) is 0 Å². The van der Waals surface area contributed by atoms with E-state index in [0.29, 0.717) is 44.3 Å². The molecule has 0 atom stereocenters. The Morgan fingerprint density at radius 1 is 0.654 bits per heavy atom. The number of unbranched alkanes of at least 4 members (excludes halogenated alkanes) is 1. The van der Waals surface area contributed by atoms with E-state index in [1.54, 1.807) is 36.4 Å². The van der Waals surface area contributed by atoms with Crippen molar-refractivity contribution in [2.24, 2.45) is 0 Å². The Morgan fingerprint density at radius 2 is 0.962 bits per heavy atom. The van der Waals surface area contributed by atoms with Crippen molar-refractivity contribution < 1.29 is 9.59 Å². The van der Waals surface area contributed by atoms with E-state index in [2.05, 4.69) is 10.6 Å². The molecule has 2 aromatic carbocycles. The maximum atomic E-state index is 12.0. The number of carbonyl (C=O) groups is 2. The first-order valence-corrected chi connectivity index (χ1v) is 9.37. The van der Waals surface area contributed by atoms with Crippen molar-refractivity contribution >= 4 is 69.6 Å². The van der Waals surface area contributed by atoms with Crippen LogP contribution in [0.15, 0.2) is 36.4 Å². The van der Waals surface area contributed by atoms with Crippen molar-refractivity contribution in [1.29, 1.82) is 0 Å². The van der Waals surface area contributed by atoms with Gasteiger partial charge in [0.25, 0.3) is 0 Å². The highest BCUT2D eigenvalue weighted by Gasteiger charge is 2.11. The van der Waals surface area contributed by atoms with Crippen LogP contribution in [0.3, 0.4) is 0 Å². The number of para-hydroxylation sites is 2. The van der Waals surface area contributed by atoms with Crippen molar-refractivity contribution in [3.8, 4) is 0 Å². The Labute approximate surface area is 171 Å². The summed E-state index contributed by atoms with van der Waals surface area (Å²) in [5, 5.41) is 6.87. The first-order valence-electron chi connectivity index (χ1n) is 7.86. The zero-order valence-electron chi connectivity index (χ0n) is 13.6. The number of carbonyl (C=O) groups excluding carboxylic acids is 2. The third kappa shape index (κ3) is 6.06. The summed E-state index contributed by atoms with van der Waals surface area (Å²) in [7, 11) is 0. The van der Waals surface area contributed by atoms with E-state index < -0.39 is 0 Å². The Morgan fingerprint density at radius 3 is 1.27 bits per heavy atom. The topological polar surface area (TPSA) is 58.2 Å². The molecule has 0 saturated carbocycles. The van der Waals surface area contributed by atoms with E-state index in [4.69, 9.17) is 46.4 Å². The lowest BCUT2D eigenvalue weighted by molar-refractivity contribution is -0.118. The molecule has 2 amide bonds. The van der Waals surface area contributed by atoms with Gasteiger partial charge in [0.2, 0.25) is 11.8 Å². The van der Waals surface area contributed by atoms with Crippen LogP contribution >= 0.6 is 46.4 Å². The zero-order valence-corrected chi connectivity index (χ0v) is 16.6. The van der Waals surface area contributed by atoms with Crippen LogP contribution in [-0.2, 0) is 9.59 Å². The van der Waals surface area contributed by atoms with Gasteiger partial charge in [-0.15, -0.1) is 0 Å².